The summed E-state index contributed by atoms with van der Waals surface area (Å²) in [6.07, 6.45) is 2.18. The molecule has 1 fully saturated rings. The molecule has 1 saturated heterocycles. The average Bonchev–Trinajstić information content (AvgIpc) is 2.78. The highest BCUT2D eigenvalue weighted by molar-refractivity contribution is 6.39. The number of ether oxygens (including phenoxy) is 1. The number of piperidine rings is 1. The third-order valence-electron chi connectivity index (χ3n) is 5.69. The smallest absolute Gasteiger partial charge is 0.308 e. The molecule has 8 heteroatoms. The number of carboxylic acids is 1. The number of aliphatic carboxylic acids is 1. The third-order valence-corrected chi connectivity index (χ3v) is 6.32. The first kappa shape index (κ1) is 22.4. The van der Waals surface area contributed by atoms with Gasteiger partial charge in [0.1, 0.15) is 5.75 Å². The van der Waals surface area contributed by atoms with Crippen molar-refractivity contribution >= 4 is 46.0 Å². The minimum Gasteiger partial charge on any atom is -0.481 e. The monoisotopic (exact) mass is 472 g/mol. The Morgan fingerprint density at radius 1 is 1.19 bits per heavy atom. The van der Waals surface area contributed by atoms with Crippen molar-refractivity contribution in [2.75, 3.05) is 13.1 Å². The SMILES string of the molecule is CC(Oc1ccc2c(-c3c(Cl)cccc3Cl)ccnc2c1)C(=O)N1CCC[C@H](C(=O)O)C1. The van der Waals surface area contributed by atoms with E-state index in [2.05, 4.69) is 4.98 Å². The minimum atomic E-state index is -0.869. The number of benzene rings is 2. The number of aromatic nitrogens is 1. The largest absolute Gasteiger partial charge is 0.481 e. The molecule has 1 aromatic heterocycles. The van der Waals surface area contributed by atoms with Crippen molar-refractivity contribution in [2.24, 2.45) is 5.92 Å². The number of halogens is 2. The average molecular weight is 473 g/mol. The molecule has 0 spiro atoms. The normalized spacial score (nSPS) is 17.2. The van der Waals surface area contributed by atoms with Crippen LogP contribution in [0, 0.1) is 5.92 Å². The van der Waals surface area contributed by atoms with Gasteiger partial charge < -0.3 is 14.7 Å². The van der Waals surface area contributed by atoms with Gasteiger partial charge in [0.2, 0.25) is 0 Å². The summed E-state index contributed by atoms with van der Waals surface area (Å²) < 4.78 is 5.90. The van der Waals surface area contributed by atoms with E-state index in [-0.39, 0.29) is 12.5 Å². The van der Waals surface area contributed by atoms with Gasteiger partial charge in [-0.25, -0.2) is 0 Å². The van der Waals surface area contributed by atoms with E-state index in [1.165, 1.54) is 0 Å². The van der Waals surface area contributed by atoms with Crippen molar-refractivity contribution in [2.45, 2.75) is 25.9 Å². The molecule has 1 N–H and O–H groups in total. The summed E-state index contributed by atoms with van der Waals surface area (Å²) in [5, 5.41) is 11.2. The fourth-order valence-electron chi connectivity index (χ4n) is 4.06. The van der Waals surface area contributed by atoms with Crippen LogP contribution in [0.3, 0.4) is 0 Å². The lowest BCUT2D eigenvalue weighted by Crippen LogP contribution is -2.47. The first-order valence-corrected chi connectivity index (χ1v) is 11.1. The standard InChI is InChI=1S/C24H22Cl2N2O4/c1-14(23(29)28-11-3-4-15(13-28)24(30)31)32-16-7-8-17-18(9-10-27-21(17)12-16)22-19(25)5-2-6-20(22)26/h2,5-10,12,14-15H,3-4,11,13H2,1H3,(H,30,31)/t14?,15-/m0/s1. The second kappa shape index (κ2) is 9.35. The third kappa shape index (κ3) is 4.52. The second-order valence-electron chi connectivity index (χ2n) is 7.86. The molecule has 2 aromatic carbocycles. The molecule has 1 unspecified atom stereocenters. The number of carboxylic acid groups (broad SMARTS) is 1. The van der Waals surface area contributed by atoms with Gasteiger partial charge >= 0.3 is 5.97 Å². The molecule has 32 heavy (non-hydrogen) atoms. The van der Waals surface area contributed by atoms with E-state index in [1.54, 1.807) is 48.4 Å². The van der Waals surface area contributed by atoms with Crippen LogP contribution in [-0.4, -0.2) is 46.1 Å². The van der Waals surface area contributed by atoms with Crippen LogP contribution in [0.4, 0.5) is 0 Å². The molecule has 4 rings (SSSR count). The maximum Gasteiger partial charge on any atom is 0.308 e. The van der Waals surface area contributed by atoms with Crippen molar-refractivity contribution < 1.29 is 19.4 Å². The maximum absolute atomic E-state index is 12.8. The molecule has 0 saturated carbocycles. The Labute approximate surface area is 195 Å². The van der Waals surface area contributed by atoms with Gasteiger partial charge in [-0.05, 0) is 55.7 Å². The lowest BCUT2D eigenvalue weighted by Gasteiger charge is -2.32. The van der Waals surface area contributed by atoms with E-state index < -0.39 is 18.0 Å². The number of carbonyl (C=O) groups is 2. The predicted molar refractivity (Wildman–Crippen MR) is 124 cm³/mol. The highest BCUT2D eigenvalue weighted by Gasteiger charge is 2.31. The summed E-state index contributed by atoms with van der Waals surface area (Å²) in [6, 6.07) is 12.6. The van der Waals surface area contributed by atoms with Crippen LogP contribution in [0.15, 0.2) is 48.7 Å². The first-order valence-electron chi connectivity index (χ1n) is 10.4. The van der Waals surface area contributed by atoms with Crippen LogP contribution >= 0.6 is 23.2 Å². The van der Waals surface area contributed by atoms with Crippen LogP contribution in [0.25, 0.3) is 22.0 Å². The molecule has 166 valence electrons. The number of hydrogen-bond donors (Lipinski definition) is 1. The van der Waals surface area contributed by atoms with Crippen molar-refractivity contribution in [3.63, 3.8) is 0 Å². The van der Waals surface area contributed by atoms with Gasteiger partial charge in [-0.2, -0.15) is 0 Å². The van der Waals surface area contributed by atoms with Gasteiger partial charge in [0, 0.05) is 46.3 Å². The van der Waals surface area contributed by atoms with E-state index in [0.29, 0.717) is 40.7 Å². The highest BCUT2D eigenvalue weighted by atomic mass is 35.5. The topological polar surface area (TPSA) is 79.7 Å². The molecule has 0 radical (unpaired) electrons. The molecule has 2 atom stereocenters. The number of rotatable bonds is 5. The van der Waals surface area contributed by atoms with Crippen LogP contribution in [0.5, 0.6) is 5.75 Å². The minimum absolute atomic E-state index is 0.211. The van der Waals surface area contributed by atoms with Crippen molar-refractivity contribution in [3.8, 4) is 16.9 Å². The Balaban J connectivity index is 1.56. The number of nitrogens with zero attached hydrogens (tertiary/aromatic N) is 2. The van der Waals surface area contributed by atoms with Crippen LogP contribution in [0.1, 0.15) is 19.8 Å². The van der Waals surface area contributed by atoms with Crippen molar-refractivity contribution in [1.29, 1.82) is 0 Å². The summed E-state index contributed by atoms with van der Waals surface area (Å²) in [7, 11) is 0. The molecular formula is C24H22Cl2N2O4. The van der Waals surface area contributed by atoms with E-state index in [0.717, 1.165) is 16.5 Å². The zero-order valence-corrected chi connectivity index (χ0v) is 18.9. The number of amides is 1. The number of carbonyl (C=O) groups excluding carboxylic acids is 1. The van der Waals surface area contributed by atoms with Gasteiger partial charge in [0.05, 0.1) is 11.4 Å². The number of pyridine rings is 1. The molecule has 0 aliphatic carbocycles. The van der Waals surface area contributed by atoms with E-state index >= 15 is 0 Å². The molecule has 0 bridgehead atoms. The van der Waals surface area contributed by atoms with E-state index in [4.69, 9.17) is 27.9 Å². The number of likely N-dealkylation sites (tertiary alicyclic amines) is 1. The van der Waals surface area contributed by atoms with Gasteiger partial charge in [-0.1, -0.05) is 29.3 Å². The fourth-order valence-corrected chi connectivity index (χ4v) is 4.67. The summed E-state index contributed by atoms with van der Waals surface area (Å²) in [6.45, 7) is 2.42. The lowest BCUT2D eigenvalue weighted by atomic mass is 9.98. The summed E-state index contributed by atoms with van der Waals surface area (Å²) in [5.41, 5.74) is 2.27. The molecular weight excluding hydrogens is 451 g/mol. The summed E-state index contributed by atoms with van der Waals surface area (Å²) in [5.74, 6) is -1.12. The highest BCUT2D eigenvalue weighted by Crippen LogP contribution is 2.38. The predicted octanol–water partition coefficient (Wildman–Crippen LogP) is 5.30. The molecule has 2 heterocycles. The molecule has 3 aromatic rings. The number of hydrogen-bond acceptors (Lipinski definition) is 4. The van der Waals surface area contributed by atoms with Crippen LogP contribution in [0.2, 0.25) is 10.0 Å². The van der Waals surface area contributed by atoms with Crippen LogP contribution < -0.4 is 4.74 Å². The van der Waals surface area contributed by atoms with Crippen molar-refractivity contribution in [1.82, 2.24) is 9.88 Å². The second-order valence-corrected chi connectivity index (χ2v) is 8.67. The molecule has 1 aliphatic rings. The van der Waals surface area contributed by atoms with E-state index in [1.807, 2.05) is 12.1 Å². The zero-order valence-electron chi connectivity index (χ0n) is 17.4. The van der Waals surface area contributed by atoms with Gasteiger partial charge in [-0.15, -0.1) is 0 Å². The molecule has 6 nitrogen and oxygen atoms in total. The Morgan fingerprint density at radius 2 is 1.94 bits per heavy atom. The van der Waals surface area contributed by atoms with Gasteiger partial charge in [-0.3, -0.25) is 14.6 Å². The Kier molecular flexibility index (Phi) is 6.53. The Hall–Kier alpha value is -2.83. The zero-order chi connectivity index (χ0) is 22.8. The first-order chi connectivity index (χ1) is 15.3. The lowest BCUT2D eigenvalue weighted by molar-refractivity contribution is -0.147. The van der Waals surface area contributed by atoms with Crippen LogP contribution in [-0.2, 0) is 9.59 Å². The van der Waals surface area contributed by atoms with Gasteiger partial charge in [0.25, 0.3) is 5.91 Å². The van der Waals surface area contributed by atoms with Gasteiger partial charge in [0.15, 0.2) is 6.10 Å². The maximum atomic E-state index is 12.8. The fraction of sp³-hybridized carbons (Fsp3) is 0.292. The molecule has 1 aliphatic heterocycles. The summed E-state index contributed by atoms with van der Waals surface area (Å²) in [4.78, 5) is 30.1. The Morgan fingerprint density at radius 3 is 2.66 bits per heavy atom. The number of fused-ring (bicyclic) bond motifs is 1. The van der Waals surface area contributed by atoms with E-state index in [9.17, 15) is 14.7 Å². The quantitative estimate of drug-likeness (QED) is 0.544. The van der Waals surface area contributed by atoms with Crippen molar-refractivity contribution in [3.05, 3.63) is 58.7 Å². The Bertz CT molecular complexity index is 1160. The summed E-state index contributed by atoms with van der Waals surface area (Å²) >= 11 is 12.8. The molecule has 1 amide bonds.